The van der Waals surface area contributed by atoms with Crippen molar-refractivity contribution in [1.82, 2.24) is 14.4 Å². The van der Waals surface area contributed by atoms with Gasteiger partial charge < -0.3 is 18.9 Å². The van der Waals surface area contributed by atoms with Crippen molar-refractivity contribution < 1.29 is 18.8 Å². The van der Waals surface area contributed by atoms with Crippen LogP contribution in [0.1, 0.15) is 25.5 Å². The molecule has 36 heavy (non-hydrogen) atoms. The van der Waals surface area contributed by atoms with Crippen LogP contribution in [0.15, 0.2) is 30.3 Å². The third-order valence-corrected chi connectivity index (χ3v) is 11.7. The third-order valence-electron chi connectivity index (χ3n) is 6.24. The van der Waals surface area contributed by atoms with Gasteiger partial charge in [0.05, 0.1) is 0 Å². The number of amides is 2. The summed E-state index contributed by atoms with van der Waals surface area (Å²) in [5.74, 6) is -0.520. The second-order valence-electron chi connectivity index (χ2n) is 13.4. The first-order valence-electron chi connectivity index (χ1n) is 12.6. The third kappa shape index (κ3) is 6.01. The van der Waals surface area contributed by atoms with Crippen LogP contribution in [0, 0.1) is 0 Å². The average molecular weight is 566 g/mol. The van der Waals surface area contributed by atoms with Gasteiger partial charge in [0.25, 0.3) is 0 Å². The Balaban J connectivity index is 1.98. The second kappa shape index (κ2) is 9.72. The van der Waals surface area contributed by atoms with Crippen molar-refractivity contribution in [3.8, 4) is 0 Å². The van der Waals surface area contributed by atoms with Gasteiger partial charge in [-0.15, -0.1) is 11.8 Å². The van der Waals surface area contributed by atoms with Crippen LogP contribution in [-0.2, 0) is 18.8 Å². The number of fused-ring (bicyclic) bond motifs is 1. The molecule has 0 spiro atoms. The Morgan fingerprint density at radius 2 is 1.58 bits per heavy atom. The first-order valence-corrected chi connectivity index (χ1v) is 23.9. The SMILES string of the molecule is CC1(C)SC2C(N(C(=O)C(N[Si](C)(C)C)c3ccccc3)[Si](C)(C)C)C(=O)N2C1C(=O)O[Si](C)(C)C. The van der Waals surface area contributed by atoms with Crippen LogP contribution in [0.4, 0.5) is 0 Å². The topological polar surface area (TPSA) is 79.0 Å². The number of rotatable bonds is 8. The monoisotopic (exact) mass is 565 g/mol. The van der Waals surface area contributed by atoms with Crippen molar-refractivity contribution in [3.63, 3.8) is 0 Å². The Morgan fingerprint density at radius 1 is 1.03 bits per heavy atom. The first-order chi connectivity index (χ1) is 16.2. The van der Waals surface area contributed by atoms with E-state index in [1.54, 1.807) is 16.7 Å². The molecule has 2 amide bonds. The van der Waals surface area contributed by atoms with E-state index in [4.69, 9.17) is 4.43 Å². The molecule has 1 aromatic rings. The zero-order chi connectivity index (χ0) is 27.4. The van der Waals surface area contributed by atoms with Gasteiger partial charge in [-0.3, -0.25) is 14.4 Å². The van der Waals surface area contributed by atoms with Crippen LogP contribution in [-0.4, -0.2) is 74.2 Å². The molecule has 0 saturated carbocycles. The van der Waals surface area contributed by atoms with Crippen LogP contribution >= 0.6 is 11.8 Å². The zero-order valence-corrected chi connectivity index (χ0v) is 27.4. The van der Waals surface area contributed by atoms with Crippen molar-refractivity contribution in [1.29, 1.82) is 0 Å². The maximum atomic E-state index is 14.4. The molecular formula is C25H43N3O4SSi3. The molecule has 2 saturated heterocycles. The number of hydrogen-bond donors (Lipinski definition) is 1. The molecule has 7 nitrogen and oxygen atoms in total. The van der Waals surface area contributed by atoms with Crippen molar-refractivity contribution in [2.75, 3.05) is 0 Å². The Morgan fingerprint density at radius 3 is 2.06 bits per heavy atom. The largest absolute Gasteiger partial charge is 0.518 e. The predicted molar refractivity (Wildman–Crippen MR) is 155 cm³/mol. The number of thioether (sulfide) groups is 1. The summed E-state index contributed by atoms with van der Waals surface area (Å²) in [4.78, 5) is 46.7. The normalized spacial score (nSPS) is 24.6. The Bertz CT molecular complexity index is 1020. The molecular weight excluding hydrogens is 523 g/mol. The van der Waals surface area contributed by atoms with Crippen LogP contribution in [0.2, 0.25) is 58.9 Å². The van der Waals surface area contributed by atoms with Crippen LogP contribution in [0.25, 0.3) is 0 Å². The highest BCUT2D eigenvalue weighted by molar-refractivity contribution is 8.01. The van der Waals surface area contributed by atoms with Crippen LogP contribution in [0.5, 0.6) is 0 Å². The minimum absolute atomic E-state index is 0.0488. The Hall–Kier alpha value is -1.41. The fourth-order valence-corrected chi connectivity index (χ4v) is 10.5. The molecule has 4 atom stereocenters. The lowest BCUT2D eigenvalue weighted by atomic mass is 9.95. The van der Waals surface area contributed by atoms with E-state index in [9.17, 15) is 14.4 Å². The summed E-state index contributed by atoms with van der Waals surface area (Å²) >= 11 is 1.61. The summed E-state index contributed by atoms with van der Waals surface area (Å²) in [7, 11) is -6.27. The quantitative estimate of drug-likeness (QED) is 0.366. The van der Waals surface area contributed by atoms with Crippen molar-refractivity contribution in [3.05, 3.63) is 35.9 Å². The molecule has 200 valence electrons. The second-order valence-corrected chi connectivity index (χ2v) is 29.2. The summed E-state index contributed by atoms with van der Waals surface area (Å²) in [5, 5.41) is -0.259. The highest BCUT2D eigenvalue weighted by Gasteiger charge is 2.67. The molecule has 2 aliphatic heterocycles. The lowest BCUT2D eigenvalue weighted by Crippen LogP contribution is -2.75. The van der Waals surface area contributed by atoms with Gasteiger partial charge in [-0.1, -0.05) is 69.6 Å². The molecule has 0 bridgehead atoms. The van der Waals surface area contributed by atoms with Crippen molar-refractivity contribution >= 4 is 54.3 Å². The smallest absolute Gasteiger partial charge is 0.317 e. The standard InChI is InChI=1S/C25H43N3O4SSi3/c1-25(2)20(24(31)32-36(9,10)11)27-22(30)19(23(27)33-25)28(35(6,7)8)21(29)18(26-34(3,4)5)17-15-13-12-14-16-17/h12-16,18-20,23,26H,1-11H3. The van der Waals surface area contributed by atoms with Gasteiger partial charge in [0.15, 0.2) is 8.24 Å². The van der Waals surface area contributed by atoms with Crippen LogP contribution in [0.3, 0.4) is 0 Å². The molecule has 2 heterocycles. The van der Waals surface area contributed by atoms with E-state index < -0.39 is 47.7 Å². The van der Waals surface area contributed by atoms with Gasteiger partial charge in [0.2, 0.25) is 20.1 Å². The highest BCUT2D eigenvalue weighted by atomic mass is 32.2. The van der Waals surface area contributed by atoms with Gasteiger partial charge in [-0.25, -0.2) is 0 Å². The summed E-state index contributed by atoms with van der Waals surface area (Å²) in [6.07, 6.45) is 0. The molecule has 0 aliphatic carbocycles. The average Bonchev–Trinajstić information content (AvgIpc) is 2.95. The predicted octanol–water partition coefficient (Wildman–Crippen LogP) is 4.62. The fraction of sp³-hybridized carbons (Fsp3) is 0.640. The molecule has 2 fully saturated rings. The van der Waals surface area contributed by atoms with E-state index >= 15 is 0 Å². The minimum atomic E-state index is -2.30. The number of carbonyl (C=O) groups excluding carboxylic acids is 3. The number of carbonyl (C=O) groups is 3. The maximum absolute atomic E-state index is 14.4. The maximum Gasteiger partial charge on any atom is 0.317 e. The van der Waals surface area contributed by atoms with E-state index in [0.717, 1.165) is 5.56 Å². The summed E-state index contributed by atoms with van der Waals surface area (Å²) in [6, 6.07) is 8.05. The van der Waals surface area contributed by atoms with Gasteiger partial charge in [-0.05, 0) is 39.1 Å². The van der Waals surface area contributed by atoms with E-state index in [2.05, 4.69) is 44.3 Å². The fourth-order valence-electron chi connectivity index (χ4n) is 4.96. The van der Waals surface area contributed by atoms with Crippen molar-refractivity contribution in [2.24, 2.45) is 0 Å². The van der Waals surface area contributed by atoms with Gasteiger partial charge in [0.1, 0.15) is 31.7 Å². The summed E-state index contributed by atoms with van der Waals surface area (Å²) < 4.78 is 7.23. The molecule has 1 N–H and O–H groups in total. The molecule has 1 aromatic carbocycles. The summed E-state index contributed by atoms with van der Waals surface area (Å²) in [5.41, 5.74) is 0.910. The molecule has 11 heteroatoms. The van der Waals surface area contributed by atoms with Crippen molar-refractivity contribution in [2.45, 2.75) is 101 Å². The van der Waals surface area contributed by atoms with Gasteiger partial charge in [-0.2, -0.15) is 0 Å². The molecule has 0 radical (unpaired) electrons. The van der Waals surface area contributed by atoms with E-state index in [1.807, 2.05) is 68.4 Å². The number of β-lactam (4-membered cyclic amide) rings is 1. The molecule has 2 aliphatic rings. The minimum Gasteiger partial charge on any atom is -0.518 e. The molecule has 3 rings (SSSR count). The Kier molecular flexibility index (Phi) is 7.87. The molecule has 4 unspecified atom stereocenters. The Labute approximate surface area is 224 Å². The summed E-state index contributed by atoms with van der Waals surface area (Å²) in [6.45, 7) is 22.8. The van der Waals surface area contributed by atoms with Crippen LogP contribution < -0.4 is 4.98 Å². The highest BCUT2D eigenvalue weighted by Crippen LogP contribution is 2.53. The lowest BCUT2D eigenvalue weighted by molar-refractivity contribution is -0.164. The van der Waals surface area contributed by atoms with E-state index in [0.29, 0.717) is 0 Å². The molecule has 0 aromatic heterocycles. The van der Waals surface area contributed by atoms with Gasteiger partial charge >= 0.3 is 5.97 Å². The first kappa shape index (κ1) is 29.2. The number of nitrogens with one attached hydrogen (secondary N) is 1. The lowest BCUT2D eigenvalue weighted by Gasteiger charge is -2.53. The van der Waals surface area contributed by atoms with E-state index in [-0.39, 0.29) is 23.2 Å². The van der Waals surface area contributed by atoms with E-state index in [1.165, 1.54) is 0 Å². The number of benzene rings is 1. The number of hydrogen-bond acceptors (Lipinski definition) is 6. The number of nitrogens with zero attached hydrogens (tertiary/aromatic N) is 2. The van der Waals surface area contributed by atoms with Gasteiger partial charge in [0, 0.05) is 4.75 Å². The zero-order valence-electron chi connectivity index (χ0n) is 23.6.